The van der Waals surface area contributed by atoms with Gasteiger partial charge in [-0.25, -0.2) is 4.68 Å². The van der Waals surface area contributed by atoms with Crippen molar-refractivity contribution in [2.75, 3.05) is 13.7 Å². The minimum Gasteiger partial charge on any atom is -0.383 e. The summed E-state index contributed by atoms with van der Waals surface area (Å²) in [6.07, 6.45) is 3.84. The fourth-order valence-electron chi connectivity index (χ4n) is 2.43. The van der Waals surface area contributed by atoms with Crippen molar-refractivity contribution < 1.29 is 4.74 Å². The summed E-state index contributed by atoms with van der Waals surface area (Å²) in [5, 5.41) is 14.9. The zero-order valence-electron chi connectivity index (χ0n) is 12.9. The van der Waals surface area contributed by atoms with Crippen LogP contribution >= 0.6 is 0 Å². The molecule has 0 saturated heterocycles. The Morgan fingerprint density at radius 3 is 2.90 bits per heavy atom. The van der Waals surface area contributed by atoms with Crippen molar-refractivity contribution in [3.05, 3.63) is 36.2 Å². The molecular formula is C15H23N5O. The molecule has 114 valence electrons. The predicted molar refractivity (Wildman–Crippen MR) is 81.3 cm³/mol. The second kappa shape index (κ2) is 7.85. The average molecular weight is 289 g/mol. The van der Waals surface area contributed by atoms with E-state index in [4.69, 9.17) is 4.74 Å². The van der Waals surface area contributed by atoms with Crippen LogP contribution in [-0.4, -0.2) is 40.0 Å². The van der Waals surface area contributed by atoms with Crippen LogP contribution in [0.3, 0.4) is 0 Å². The van der Waals surface area contributed by atoms with E-state index in [0.717, 1.165) is 25.1 Å². The topological polar surface area (TPSA) is 64.9 Å². The molecule has 21 heavy (non-hydrogen) atoms. The predicted octanol–water partition coefficient (Wildman–Crippen LogP) is 2.13. The van der Waals surface area contributed by atoms with Crippen LogP contribution in [0.1, 0.15) is 38.3 Å². The maximum absolute atomic E-state index is 5.28. The van der Waals surface area contributed by atoms with Crippen molar-refractivity contribution in [2.45, 2.75) is 38.8 Å². The zero-order chi connectivity index (χ0) is 15.1. The van der Waals surface area contributed by atoms with E-state index in [-0.39, 0.29) is 6.04 Å². The third kappa shape index (κ3) is 4.34. The van der Waals surface area contributed by atoms with Gasteiger partial charge in [0, 0.05) is 19.2 Å². The van der Waals surface area contributed by atoms with Gasteiger partial charge in [0.15, 0.2) is 0 Å². The molecule has 6 heteroatoms. The van der Waals surface area contributed by atoms with Crippen LogP contribution in [-0.2, 0) is 4.74 Å². The van der Waals surface area contributed by atoms with Crippen molar-refractivity contribution in [1.82, 2.24) is 25.5 Å². The number of aromatic nitrogens is 4. The normalized spacial score (nSPS) is 14.0. The van der Waals surface area contributed by atoms with Crippen LogP contribution in [0.2, 0.25) is 0 Å². The van der Waals surface area contributed by atoms with Crippen LogP contribution in [0.15, 0.2) is 30.6 Å². The number of tetrazole rings is 1. The van der Waals surface area contributed by atoms with Crippen molar-refractivity contribution in [2.24, 2.45) is 0 Å². The molecular weight excluding hydrogens is 266 g/mol. The van der Waals surface area contributed by atoms with Gasteiger partial charge in [-0.3, -0.25) is 0 Å². The van der Waals surface area contributed by atoms with E-state index in [1.807, 2.05) is 12.1 Å². The standard InChI is InChI=1S/C15H23N5O/c1-4-6-14(10-21-3)17-12(2)13-7-5-8-15(9-13)20-11-16-18-19-20/h5,7-9,11-12,14,17H,4,6,10H2,1-3H3. The highest BCUT2D eigenvalue weighted by Gasteiger charge is 2.13. The van der Waals surface area contributed by atoms with Crippen LogP contribution in [0, 0.1) is 0 Å². The second-order valence-corrected chi connectivity index (χ2v) is 5.18. The Labute approximate surface area is 125 Å². The first-order valence-electron chi connectivity index (χ1n) is 7.33. The SMILES string of the molecule is CCCC(COC)NC(C)c1cccc(-n2cnnn2)c1. The van der Waals surface area contributed by atoms with Gasteiger partial charge in [0.05, 0.1) is 12.3 Å². The molecule has 1 heterocycles. The Hall–Kier alpha value is -1.79. The molecule has 0 amide bonds. The molecule has 0 aliphatic rings. The maximum atomic E-state index is 5.28. The molecule has 0 aliphatic carbocycles. The number of hydrogen-bond donors (Lipinski definition) is 1. The van der Waals surface area contributed by atoms with Crippen molar-refractivity contribution in [3.63, 3.8) is 0 Å². The molecule has 2 atom stereocenters. The van der Waals surface area contributed by atoms with Gasteiger partial charge in [-0.15, -0.1) is 5.10 Å². The van der Waals surface area contributed by atoms with Gasteiger partial charge >= 0.3 is 0 Å². The van der Waals surface area contributed by atoms with E-state index in [2.05, 4.69) is 46.8 Å². The van der Waals surface area contributed by atoms with Crippen LogP contribution in [0.5, 0.6) is 0 Å². The first-order valence-corrected chi connectivity index (χ1v) is 7.33. The highest BCUT2D eigenvalue weighted by atomic mass is 16.5. The van der Waals surface area contributed by atoms with Crippen molar-refractivity contribution >= 4 is 0 Å². The summed E-state index contributed by atoms with van der Waals surface area (Å²) in [5.41, 5.74) is 2.17. The lowest BCUT2D eigenvalue weighted by Crippen LogP contribution is -2.35. The maximum Gasteiger partial charge on any atom is 0.143 e. The Balaban J connectivity index is 2.08. The minimum absolute atomic E-state index is 0.244. The third-order valence-corrected chi connectivity index (χ3v) is 3.47. The summed E-state index contributed by atoms with van der Waals surface area (Å²) in [6, 6.07) is 8.84. The van der Waals surface area contributed by atoms with Gasteiger partial charge in [0.2, 0.25) is 0 Å². The van der Waals surface area contributed by atoms with E-state index < -0.39 is 0 Å². The van der Waals surface area contributed by atoms with E-state index in [1.54, 1.807) is 18.1 Å². The summed E-state index contributed by atoms with van der Waals surface area (Å²) in [4.78, 5) is 0. The Morgan fingerprint density at radius 2 is 2.24 bits per heavy atom. The quantitative estimate of drug-likeness (QED) is 0.806. The fraction of sp³-hybridized carbons (Fsp3) is 0.533. The Morgan fingerprint density at radius 1 is 1.38 bits per heavy atom. The lowest BCUT2D eigenvalue weighted by atomic mass is 10.1. The number of nitrogens with zero attached hydrogens (tertiary/aromatic N) is 4. The summed E-state index contributed by atoms with van der Waals surface area (Å²) >= 11 is 0. The Bertz CT molecular complexity index is 523. The summed E-state index contributed by atoms with van der Waals surface area (Å²) in [5.74, 6) is 0. The number of benzene rings is 1. The van der Waals surface area contributed by atoms with E-state index >= 15 is 0 Å². The van der Waals surface area contributed by atoms with Gasteiger partial charge in [-0.05, 0) is 41.5 Å². The molecule has 1 aromatic heterocycles. The molecule has 1 N–H and O–H groups in total. The van der Waals surface area contributed by atoms with E-state index in [0.29, 0.717) is 6.04 Å². The monoisotopic (exact) mass is 289 g/mol. The number of rotatable bonds is 8. The molecule has 0 spiro atoms. The molecule has 0 radical (unpaired) electrons. The smallest absolute Gasteiger partial charge is 0.143 e. The Kier molecular flexibility index (Phi) is 5.83. The lowest BCUT2D eigenvalue weighted by Gasteiger charge is -2.23. The second-order valence-electron chi connectivity index (χ2n) is 5.18. The summed E-state index contributed by atoms with van der Waals surface area (Å²) in [7, 11) is 1.74. The molecule has 6 nitrogen and oxygen atoms in total. The van der Waals surface area contributed by atoms with Crippen molar-refractivity contribution in [3.8, 4) is 5.69 Å². The molecule has 0 aliphatic heterocycles. The van der Waals surface area contributed by atoms with Crippen LogP contribution in [0.4, 0.5) is 0 Å². The fourth-order valence-corrected chi connectivity index (χ4v) is 2.43. The van der Waals surface area contributed by atoms with Gasteiger partial charge in [0.1, 0.15) is 6.33 Å². The zero-order valence-corrected chi connectivity index (χ0v) is 12.9. The largest absolute Gasteiger partial charge is 0.383 e. The molecule has 2 aromatic rings. The highest BCUT2D eigenvalue weighted by molar-refractivity contribution is 5.35. The number of ether oxygens (including phenoxy) is 1. The molecule has 2 unspecified atom stereocenters. The number of nitrogens with one attached hydrogen (secondary N) is 1. The number of methoxy groups -OCH3 is 1. The van der Waals surface area contributed by atoms with Crippen LogP contribution in [0.25, 0.3) is 5.69 Å². The van der Waals surface area contributed by atoms with Gasteiger partial charge in [0.25, 0.3) is 0 Å². The first kappa shape index (κ1) is 15.6. The highest BCUT2D eigenvalue weighted by Crippen LogP contribution is 2.17. The number of hydrogen-bond acceptors (Lipinski definition) is 5. The molecule has 0 fully saturated rings. The third-order valence-electron chi connectivity index (χ3n) is 3.47. The minimum atomic E-state index is 0.244. The van der Waals surface area contributed by atoms with Gasteiger partial charge in [-0.1, -0.05) is 25.5 Å². The van der Waals surface area contributed by atoms with Gasteiger partial charge in [-0.2, -0.15) is 0 Å². The summed E-state index contributed by atoms with van der Waals surface area (Å²) < 4.78 is 6.94. The van der Waals surface area contributed by atoms with Crippen LogP contribution < -0.4 is 5.32 Å². The van der Waals surface area contributed by atoms with Crippen molar-refractivity contribution in [1.29, 1.82) is 0 Å². The van der Waals surface area contributed by atoms with E-state index in [1.165, 1.54) is 5.56 Å². The molecule has 2 rings (SSSR count). The summed E-state index contributed by atoms with van der Waals surface area (Å²) in [6.45, 7) is 5.08. The molecule has 0 bridgehead atoms. The molecule has 0 saturated carbocycles. The lowest BCUT2D eigenvalue weighted by molar-refractivity contribution is 0.157. The molecule has 1 aromatic carbocycles. The van der Waals surface area contributed by atoms with Gasteiger partial charge < -0.3 is 10.1 Å². The first-order chi connectivity index (χ1) is 10.2. The average Bonchev–Trinajstić information content (AvgIpc) is 3.02. The van der Waals surface area contributed by atoms with E-state index in [9.17, 15) is 0 Å².